The molecule has 19 heavy (non-hydrogen) atoms. The summed E-state index contributed by atoms with van der Waals surface area (Å²) >= 11 is 0. The molecule has 3 nitrogen and oxygen atoms in total. The maximum absolute atomic E-state index is 5.51. The summed E-state index contributed by atoms with van der Waals surface area (Å²) < 4.78 is 5.51. The van der Waals surface area contributed by atoms with Crippen LogP contribution >= 0.6 is 0 Å². The molecule has 0 saturated carbocycles. The number of hydrogen-bond acceptors (Lipinski definition) is 3. The molecule has 0 spiro atoms. The minimum absolute atomic E-state index is 0.137. The number of anilines is 1. The summed E-state index contributed by atoms with van der Waals surface area (Å²) in [5.74, 6) is 0.949. The molecular weight excluding hydrogens is 236 g/mol. The molecule has 1 heterocycles. The number of benzene rings is 1. The molecule has 106 valence electrons. The molecule has 1 aliphatic heterocycles. The van der Waals surface area contributed by atoms with Crippen molar-refractivity contribution in [3.63, 3.8) is 0 Å². The Morgan fingerprint density at radius 1 is 1.32 bits per heavy atom. The Labute approximate surface area is 116 Å². The summed E-state index contributed by atoms with van der Waals surface area (Å²) in [7, 11) is 0. The minimum Gasteiger partial charge on any atom is -0.494 e. The van der Waals surface area contributed by atoms with Gasteiger partial charge in [-0.05, 0) is 58.4 Å². The summed E-state index contributed by atoms with van der Waals surface area (Å²) in [6.45, 7) is 11.7. The summed E-state index contributed by atoms with van der Waals surface area (Å²) in [4.78, 5) is 2.50. The van der Waals surface area contributed by atoms with Gasteiger partial charge in [0.25, 0.3) is 0 Å². The number of nitrogens with one attached hydrogen (secondary N) is 1. The molecule has 0 bridgehead atoms. The molecule has 0 amide bonds. The van der Waals surface area contributed by atoms with Crippen LogP contribution in [0.3, 0.4) is 0 Å². The molecule has 1 N–H and O–H groups in total. The Morgan fingerprint density at radius 3 is 2.63 bits per heavy atom. The van der Waals surface area contributed by atoms with Crippen LogP contribution in [0.4, 0.5) is 5.69 Å². The second-order valence-corrected chi connectivity index (χ2v) is 5.96. The van der Waals surface area contributed by atoms with E-state index in [0.717, 1.165) is 25.4 Å². The summed E-state index contributed by atoms with van der Waals surface area (Å²) in [6, 6.07) is 9.06. The maximum atomic E-state index is 5.51. The van der Waals surface area contributed by atoms with Crippen LogP contribution in [0.15, 0.2) is 24.3 Å². The van der Waals surface area contributed by atoms with Crippen molar-refractivity contribution in [3.8, 4) is 5.75 Å². The van der Waals surface area contributed by atoms with Crippen molar-refractivity contribution in [1.82, 2.24) is 5.32 Å². The van der Waals surface area contributed by atoms with Crippen molar-refractivity contribution < 1.29 is 4.74 Å². The number of nitrogens with zero attached hydrogens (tertiary/aromatic N) is 1. The first-order chi connectivity index (χ1) is 9.03. The molecular formula is C16H26N2O. The van der Waals surface area contributed by atoms with Gasteiger partial charge in [0, 0.05) is 30.4 Å². The van der Waals surface area contributed by atoms with E-state index in [1.807, 2.05) is 6.92 Å². The van der Waals surface area contributed by atoms with E-state index < -0.39 is 0 Å². The molecule has 1 aromatic rings. The number of ether oxygens (including phenoxy) is 1. The lowest BCUT2D eigenvalue weighted by atomic mass is 10.0. The average Bonchev–Trinajstić information content (AvgIpc) is 2.51. The molecule has 1 atom stereocenters. The Balaban J connectivity index is 2.18. The molecule has 1 aliphatic rings. The molecule has 1 aromatic carbocycles. The highest BCUT2D eigenvalue weighted by Gasteiger charge is 2.30. The zero-order chi connectivity index (χ0) is 13.9. The molecule has 0 radical (unpaired) electrons. The van der Waals surface area contributed by atoms with Crippen LogP contribution in [0.2, 0.25) is 0 Å². The fourth-order valence-corrected chi connectivity index (χ4v) is 2.61. The molecule has 1 saturated heterocycles. The van der Waals surface area contributed by atoms with Crippen LogP contribution in [-0.4, -0.2) is 31.3 Å². The van der Waals surface area contributed by atoms with Crippen molar-refractivity contribution in [1.29, 1.82) is 0 Å². The van der Waals surface area contributed by atoms with Crippen molar-refractivity contribution in [2.45, 2.75) is 45.7 Å². The third-order valence-corrected chi connectivity index (χ3v) is 3.86. The molecule has 3 heteroatoms. The van der Waals surface area contributed by atoms with Crippen LogP contribution in [0, 0.1) is 0 Å². The lowest BCUT2D eigenvalue weighted by molar-refractivity contribution is 0.340. The zero-order valence-electron chi connectivity index (χ0n) is 12.6. The predicted molar refractivity (Wildman–Crippen MR) is 81.1 cm³/mol. The van der Waals surface area contributed by atoms with E-state index in [1.54, 1.807) is 0 Å². The van der Waals surface area contributed by atoms with Crippen LogP contribution in [-0.2, 0) is 0 Å². The number of rotatable bonds is 3. The first-order valence-electron chi connectivity index (χ1n) is 7.27. The average molecular weight is 262 g/mol. The fourth-order valence-electron chi connectivity index (χ4n) is 2.61. The van der Waals surface area contributed by atoms with Gasteiger partial charge in [0.05, 0.1) is 6.61 Å². The zero-order valence-corrected chi connectivity index (χ0v) is 12.6. The van der Waals surface area contributed by atoms with Crippen molar-refractivity contribution in [2.75, 3.05) is 24.6 Å². The highest BCUT2D eigenvalue weighted by Crippen LogP contribution is 2.28. The smallest absolute Gasteiger partial charge is 0.119 e. The van der Waals surface area contributed by atoms with Crippen LogP contribution in [0.25, 0.3) is 0 Å². The van der Waals surface area contributed by atoms with E-state index >= 15 is 0 Å². The van der Waals surface area contributed by atoms with Gasteiger partial charge in [0.1, 0.15) is 5.75 Å². The van der Waals surface area contributed by atoms with E-state index in [4.69, 9.17) is 4.74 Å². The monoisotopic (exact) mass is 262 g/mol. The van der Waals surface area contributed by atoms with Crippen LogP contribution in [0.1, 0.15) is 34.1 Å². The van der Waals surface area contributed by atoms with E-state index in [0.29, 0.717) is 6.04 Å². The highest BCUT2D eigenvalue weighted by molar-refractivity contribution is 5.51. The Morgan fingerprint density at radius 2 is 2.00 bits per heavy atom. The van der Waals surface area contributed by atoms with Crippen molar-refractivity contribution in [3.05, 3.63) is 24.3 Å². The van der Waals surface area contributed by atoms with E-state index in [1.165, 1.54) is 12.1 Å². The van der Waals surface area contributed by atoms with Gasteiger partial charge < -0.3 is 15.0 Å². The van der Waals surface area contributed by atoms with Crippen LogP contribution in [0.5, 0.6) is 5.75 Å². The quantitative estimate of drug-likeness (QED) is 0.906. The van der Waals surface area contributed by atoms with Crippen molar-refractivity contribution in [2.24, 2.45) is 0 Å². The maximum Gasteiger partial charge on any atom is 0.119 e. The summed E-state index contributed by atoms with van der Waals surface area (Å²) in [6.07, 6.45) is 1.18. The van der Waals surface area contributed by atoms with E-state index in [9.17, 15) is 0 Å². The lowest BCUT2D eigenvalue weighted by Gasteiger charge is -2.39. The standard InChI is InChI=1S/C16H26N2O/c1-5-19-15-8-6-14(7-9-15)18-11-10-13(2)17-12-16(18,3)4/h6-9,13,17H,5,10-12H2,1-4H3. The lowest BCUT2D eigenvalue weighted by Crippen LogP contribution is -2.49. The largest absolute Gasteiger partial charge is 0.494 e. The van der Waals surface area contributed by atoms with E-state index in [-0.39, 0.29) is 5.54 Å². The van der Waals surface area contributed by atoms with Gasteiger partial charge in [-0.3, -0.25) is 0 Å². The summed E-state index contributed by atoms with van der Waals surface area (Å²) in [5.41, 5.74) is 1.42. The van der Waals surface area contributed by atoms with Gasteiger partial charge >= 0.3 is 0 Å². The number of hydrogen-bond donors (Lipinski definition) is 1. The van der Waals surface area contributed by atoms with Gasteiger partial charge in [-0.1, -0.05) is 0 Å². The second kappa shape index (κ2) is 5.83. The van der Waals surface area contributed by atoms with Gasteiger partial charge in [-0.2, -0.15) is 0 Å². The minimum atomic E-state index is 0.137. The highest BCUT2D eigenvalue weighted by atomic mass is 16.5. The van der Waals surface area contributed by atoms with Gasteiger partial charge in [0.2, 0.25) is 0 Å². The topological polar surface area (TPSA) is 24.5 Å². The molecule has 0 aromatic heterocycles. The molecule has 1 unspecified atom stereocenters. The Bertz CT molecular complexity index is 400. The van der Waals surface area contributed by atoms with Crippen molar-refractivity contribution >= 4 is 5.69 Å². The first-order valence-corrected chi connectivity index (χ1v) is 7.27. The molecule has 0 aliphatic carbocycles. The second-order valence-electron chi connectivity index (χ2n) is 5.96. The third kappa shape index (κ3) is 3.41. The third-order valence-electron chi connectivity index (χ3n) is 3.86. The fraction of sp³-hybridized carbons (Fsp3) is 0.625. The Kier molecular flexibility index (Phi) is 4.35. The normalized spacial score (nSPS) is 22.9. The molecule has 2 rings (SSSR count). The van der Waals surface area contributed by atoms with Gasteiger partial charge in [-0.15, -0.1) is 0 Å². The molecule has 1 fully saturated rings. The summed E-state index contributed by atoms with van der Waals surface area (Å²) in [5, 5.41) is 3.60. The van der Waals surface area contributed by atoms with Gasteiger partial charge in [-0.25, -0.2) is 0 Å². The SMILES string of the molecule is CCOc1ccc(N2CCC(C)NCC2(C)C)cc1. The van der Waals surface area contributed by atoms with Gasteiger partial charge in [0.15, 0.2) is 0 Å². The predicted octanol–water partition coefficient (Wildman–Crippen LogP) is 3.05. The first kappa shape index (κ1) is 14.2. The van der Waals surface area contributed by atoms with E-state index in [2.05, 4.69) is 55.3 Å². The Hall–Kier alpha value is -1.22. The van der Waals surface area contributed by atoms with Crippen LogP contribution < -0.4 is 15.0 Å².